The van der Waals surface area contributed by atoms with Crippen molar-refractivity contribution >= 4 is 32.5 Å². The van der Waals surface area contributed by atoms with Gasteiger partial charge in [0.1, 0.15) is 5.69 Å². The summed E-state index contributed by atoms with van der Waals surface area (Å²) in [5.74, 6) is 0. The minimum Gasteiger partial charge on any atom is -0.379 e. The Morgan fingerprint density at radius 3 is 2.76 bits per heavy atom. The quantitative estimate of drug-likeness (QED) is 0.609. The average Bonchev–Trinajstić information content (AvgIpc) is 2.96. The second kappa shape index (κ2) is 7.09. The first-order valence-corrected chi connectivity index (χ1v) is 10.8. The van der Waals surface area contributed by atoms with E-state index in [9.17, 15) is 18.5 Å². The first kappa shape index (κ1) is 17.8. The summed E-state index contributed by atoms with van der Waals surface area (Å²) in [6.45, 7) is 0.505. The van der Waals surface area contributed by atoms with Crippen LogP contribution in [-0.2, 0) is 29.1 Å². The SMILES string of the molecule is CS(=O)(=O)c1ccc(NCCc2nc3c(s2)CCCC3)c([N+](=O)[O-])c1. The molecule has 0 atom stereocenters. The fourth-order valence-electron chi connectivity index (χ4n) is 2.86. The maximum atomic E-state index is 11.6. The molecular weight excluding hydrogens is 362 g/mol. The summed E-state index contributed by atoms with van der Waals surface area (Å²) in [4.78, 5) is 16.6. The molecule has 0 spiro atoms. The minimum absolute atomic E-state index is 0.0580. The van der Waals surface area contributed by atoms with Crippen molar-refractivity contribution in [2.24, 2.45) is 0 Å². The van der Waals surface area contributed by atoms with Gasteiger partial charge in [-0.3, -0.25) is 10.1 Å². The van der Waals surface area contributed by atoms with Crippen LogP contribution in [0.1, 0.15) is 28.4 Å². The summed E-state index contributed by atoms with van der Waals surface area (Å²) in [5.41, 5.74) is 1.29. The van der Waals surface area contributed by atoms with Gasteiger partial charge in [0.25, 0.3) is 5.69 Å². The van der Waals surface area contributed by atoms with Crippen molar-refractivity contribution in [3.63, 3.8) is 0 Å². The number of fused-ring (bicyclic) bond motifs is 1. The molecule has 2 aromatic rings. The van der Waals surface area contributed by atoms with Crippen LogP contribution in [-0.4, -0.2) is 31.1 Å². The molecule has 9 heteroatoms. The van der Waals surface area contributed by atoms with E-state index in [-0.39, 0.29) is 10.6 Å². The van der Waals surface area contributed by atoms with Gasteiger partial charge in [0.2, 0.25) is 0 Å². The topological polar surface area (TPSA) is 102 Å². The second-order valence-corrected chi connectivity index (χ2v) is 9.25. The summed E-state index contributed by atoms with van der Waals surface area (Å²) < 4.78 is 23.1. The molecule has 7 nitrogen and oxygen atoms in total. The van der Waals surface area contributed by atoms with Gasteiger partial charge in [-0.05, 0) is 37.8 Å². The van der Waals surface area contributed by atoms with Gasteiger partial charge in [0, 0.05) is 30.2 Å². The Morgan fingerprint density at radius 1 is 1.32 bits per heavy atom. The lowest BCUT2D eigenvalue weighted by molar-refractivity contribution is -0.384. The van der Waals surface area contributed by atoms with Gasteiger partial charge in [-0.15, -0.1) is 11.3 Å². The van der Waals surface area contributed by atoms with Crippen LogP contribution in [0.2, 0.25) is 0 Å². The molecule has 0 amide bonds. The van der Waals surface area contributed by atoms with E-state index in [1.54, 1.807) is 11.3 Å². The van der Waals surface area contributed by atoms with Gasteiger partial charge >= 0.3 is 0 Å². The molecule has 1 aliphatic rings. The van der Waals surface area contributed by atoms with Gasteiger partial charge in [-0.1, -0.05) is 0 Å². The van der Waals surface area contributed by atoms with Crippen LogP contribution in [0.15, 0.2) is 23.1 Å². The molecule has 1 aromatic carbocycles. The molecule has 0 unspecified atom stereocenters. The molecule has 0 aliphatic heterocycles. The van der Waals surface area contributed by atoms with Gasteiger partial charge in [0.15, 0.2) is 9.84 Å². The number of benzene rings is 1. The van der Waals surface area contributed by atoms with Gasteiger partial charge < -0.3 is 5.32 Å². The maximum absolute atomic E-state index is 11.6. The van der Waals surface area contributed by atoms with Crippen LogP contribution in [0.3, 0.4) is 0 Å². The molecule has 3 rings (SSSR count). The molecule has 1 aliphatic carbocycles. The molecular formula is C16H19N3O4S2. The van der Waals surface area contributed by atoms with Gasteiger partial charge in [-0.25, -0.2) is 13.4 Å². The summed E-state index contributed by atoms with van der Waals surface area (Å²) in [6, 6.07) is 3.92. The Morgan fingerprint density at radius 2 is 2.08 bits per heavy atom. The van der Waals surface area contributed by atoms with E-state index in [0.717, 1.165) is 30.2 Å². The molecule has 1 heterocycles. The van der Waals surface area contributed by atoms with Gasteiger partial charge in [0.05, 0.1) is 20.5 Å². The Balaban J connectivity index is 1.70. The zero-order valence-corrected chi connectivity index (χ0v) is 15.5. The standard InChI is InChI=1S/C16H19N3O4S2/c1-25(22,23)11-6-7-12(14(10-11)19(20)21)17-9-8-16-18-13-4-2-3-5-15(13)24-16/h6-7,10,17H,2-5,8-9H2,1H3. The van der Waals surface area contributed by atoms with E-state index in [0.29, 0.717) is 18.7 Å². The third-order valence-electron chi connectivity index (χ3n) is 4.14. The van der Waals surface area contributed by atoms with E-state index in [2.05, 4.69) is 10.3 Å². The first-order valence-electron chi connectivity index (χ1n) is 8.04. The molecule has 0 bridgehead atoms. The number of anilines is 1. The van der Waals surface area contributed by atoms with Crippen molar-refractivity contribution in [2.45, 2.75) is 37.0 Å². The van der Waals surface area contributed by atoms with E-state index in [1.165, 1.54) is 35.5 Å². The number of hydrogen-bond acceptors (Lipinski definition) is 7. The minimum atomic E-state index is -3.48. The lowest BCUT2D eigenvalue weighted by atomic mass is 10.0. The molecule has 25 heavy (non-hydrogen) atoms. The average molecular weight is 381 g/mol. The van der Waals surface area contributed by atoms with Crippen molar-refractivity contribution in [3.8, 4) is 0 Å². The van der Waals surface area contributed by atoms with Crippen LogP contribution in [0.5, 0.6) is 0 Å². The summed E-state index contributed by atoms with van der Waals surface area (Å²) >= 11 is 1.72. The lowest BCUT2D eigenvalue weighted by Gasteiger charge is -2.07. The number of aryl methyl sites for hydroxylation is 2. The fourth-order valence-corrected chi connectivity index (χ4v) is 4.66. The number of nitro groups is 1. The number of sulfone groups is 1. The largest absolute Gasteiger partial charge is 0.379 e. The number of nitrogens with zero attached hydrogens (tertiary/aromatic N) is 2. The maximum Gasteiger partial charge on any atom is 0.293 e. The van der Waals surface area contributed by atoms with E-state index >= 15 is 0 Å². The molecule has 0 saturated carbocycles. The highest BCUT2D eigenvalue weighted by Gasteiger charge is 2.19. The highest BCUT2D eigenvalue weighted by molar-refractivity contribution is 7.90. The Hall–Kier alpha value is -2.00. The Bertz CT molecular complexity index is 883. The van der Waals surface area contributed by atoms with E-state index < -0.39 is 14.8 Å². The summed E-state index contributed by atoms with van der Waals surface area (Å²) in [6.07, 6.45) is 6.25. The van der Waals surface area contributed by atoms with E-state index in [1.807, 2.05) is 0 Å². The predicted molar refractivity (Wildman–Crippen MR) is 97.2 cm³/mol. The van der Waals surface area contributed by atoms with Gasteiger partial charge in [-0.2, -0.15) is 0 Å². The van der Waals surface area contributed by atoms with E-state index in [4.69, 9.17) is 0 Å². The Kier molecular flexibility index (Phi) is 5.05. The zero-order valence-electron chi connectivity index (χ0n) is 13.8. The molecule has 0 fully saturated rings. The molecule has 0 radical (unpaired) electrons. The van der Waals surface area contributed by atoms with Crippen LogP contribution in [0, 0.1) is 10.1 Å². The van der Waals surface area contributed by atoms with Crippen molar-refractivity contribution in [1.29, 1.82) is 0 Å². The molecule has 1 aromatic heterocycles. The number of aromatic nitrogens is 1. The van der Waals surface area contributed by atoms with Crippen LogP contribution in [0.25, 0.3) is 0 Å². The number of nitro benzene ring substituents is 1. The number of thiazole rings is 1. The molecule has 134 valence electrons. The third kappa shape index (κ3) is 4.16. The predicted octanol–water partition coefficient (Wildman–Crippen LogP) is 2.99. The smallest absolute Gasteiger partial charge is 0.293 e. The summed E-state index contributed by atoms with van der Waals surface area (Å²) in [5, 5.41) is 15.3. The number of nitrogens with one attached hydrogen (secondary N) is 1. The first-order chi connectivity index (χ1) is 11.8. The number of hydrogen-bond donors (Lipinski definition) is 1. The van der Waals surface area contributed by atoms with Crippen LogP contribution >= 0.6 is 11.3 Å². The van der Waals surface area contributed by atoms with Crippen molar-refractivity contribution in [1.82, 2.24) is 4.98 Å². The second-order valence-electron chi connectivity index (χ2n) is 6.07. The van der Waals surface area contributed by atoms with Crippen molar-refractivity contribution in [3.05, 3.63) is 43.9 Å². The monoisotopic (exact) mass is 381 g/mol. The highest BCUT2D eigenvalue weighted by Crippen LogP contribution is 2.29. The zero-order chi connectivity index (χ0) is 18.0. The van der Waals surface area contributed by atoms with Crippen LogP contribution < -0.4 is 5.32 Å². The molecule has 1 N–H and O–H groups in total. The summed E-state index contributed by atoms with van der Waals surface area (Å²) in [7, 11) is -3.48. The normalized spacial score (nSPS) is 14.1. The fraction of sp³-hybridized carbons (Fsp3) is 0.438. The number of rotatable bonds is 6. The third-order valence-corrected chi connectivity index (χ3v) is 6.47. The Labute approximate surface area is 150 Å². The molecule has 0 saturated heterocycles. The van der Waals surface area contributed by atoms with Crippen molar-refractivity contribution in [2.75, 3.05) is 18.1 Å². The van der Waals surface area contributed by atoms with Crippen LogP contribution in [0.4, 0.5) is 11.4 Å². The lowest BCUT2D eigenvalue weighted by Crippen LogP contribution is -2.08. The highest BCUT2D eigenvalue weighted by atomic mass is 32.2. The van der Waals surface area contributed by atoms with Crippen molar-refractivity contribution < 1.29 is 13.3 Å².